The molecular formula is C19H27NO2. The number of benzene rings is 1. The smallest absolute Gasteiger partial charge is 0.115 e. The zero-order valence-electron chi connectivity index (χ0n) is 13.7. The number of aromatic hydroxyl groups is 1. The Kier molecular flexibility index (Phi) is 3.46. The molecule has 1 aromatic carbocycles. The van der Waals surface area contributed by atoms with E-state index in [9.17, 15) is 5.11 Å². The fourth-order valence-electron chi connectivity index (χ4n) is 4.97. The van der Waals surface area contributed by atoms with E-state index >= 15 is 0 Å². The zero-order chi connectivity index (χ0) is 15.3. The Bertz CT molecular complexity index is 567. The summed E-state index contributed by atoms with van der Waals surface area (Å²) in [6.07, 6.45) is 5.17. The van der Waals surface area contributed by atoms with Crippen LogP contribution in [0.4, 0.5) is 0 Å². The van der Waals surface area contributed by atoms with Crippen molar-refractivity contribution in [2.75, 3.05) is 19.7 Å². The van der Waals surface area contributed by atoms with Gasteiger partial charge in [-0.25, -0.2) is 0 Å². The number of piperidine rings is 1. The van der Waals surface area contributed by atoms with Gasteiger partial charge in [0, 0.05) is 19.2 Å². The van der Waals surface area contributed by atoms with Crippen LogP contribution in [0.3, 0.4) is 0 Å². The molecule has 1 N–H and O–H groups in total. The van der Waals surface area contributed by atoms with Crippen LogP contribution in [-0.4, -0.2) is 41.8 Å². The third-order valence-electron chi connectivity index (χ3n) is 6.57. The molecule has 2 aliphatic heterocycles. The molecule has 3 nitrogen and oxygen atoms in total. The van der Waals surface area contributed by atoms with Crippen molar-refractivity contribution in [2.45, 2.75) is 57.1 Å². The van der Waals surface area contributed by atoms with Gasteiger partial charge in [0.15, 0.2) is 0 Å². The second-order valence-electron chi connectivity index (χ2n) is 7.70. The topological polar surface area (TPSA) is 32.7 Å². The fraction of sp³-hybridized carbons (Fsp3) is 0.684. The lowest BCUT2D eigenvalue weighted by molar-refractivity contribution is -0.00671. The SMILES string of the molecule is C[C@H]1[C@H]2Cc3ccc(O)cc3C1(C)CCN2CC1CCCO1. The van der Waals surface area contributed by atoms with Gasteiger partial charge in [-0.3, -0.25) is 4.90 Å². The highest BCUT2D eigenvalue weighted by Gasteiger charge is 2.48. The van der Waals surface area contributed by atoms with Crippen molar-refractivity contribution in [2.24, 2.45) is 5.92 Å². The van der Waals surface area contributed by atoms with E-state index in [0.29, 0.717) is 23.8 Å². The number of ether oxygens (including phenoxy) is 1. The number of hydrogen-bond acceptors (Lipinski definition) is 3. The number of hydrogen-bond donors (Lipinski definition) is 1. The van der Waals surface area contributed by atoms with Crippen LogP contribution < -0.4 is 0 Å². The molecule has 3 aliphatic rings. The van der Waals surface area contributed by atoms with Crippen LogP contribution in [0.1, 0.15) is 44.2 Å². The van der Waals surface area contributed by atoms with Crippen LogP contribution in [0.5, 0.6) is 5.75 Å². The van der Waals surface area contributed by atoms with E-state index in [2.05, 4.69) is 24.8 Å². The van der Waals surface area contributed by atoms with Crippen molar-refractivity contribution in [3.8, 4) is 5.75 Å². The van der Waals surface area contributed by atoms with Crippen molar-refractivity contribution in [3.05, 3.63) is 29.3 Å². The van der Waals surface area contributed by atoms with E-state index in [0.717, 1.165) is 26.1 Å². The molecule has 0 radical (unpaired) electrons. The highest BCUT2D eigenvalue weighted by atomic mass is 16.5. The van der Waals surface area contributed by atoms with E-state index in [-0.39, 0.29) is 5.41 Å². The molecule has 22 heavy (non-hydrogen) atoms. The van der Waals surface area contributed by atoms with E-state index < -0.39 is 0 Å². The predicted octanol–water partition coefficient (Wildman–Crippen LogP) is 3.10. The minimum atomic E-state index is 0.198. The van der Waals surface area contributed by atoms with Gasteiger partial charge in [0.25, 0.3) is 0 Å². The quantitative estimate of drug-likeness (QED) is 0.911. The first kappa shape index (κ1) is 14.5. The molecular weight excluding hydrogens is 274 g/mol. The summed E-state index contributed by atoms with van der Waals surface area (Å²) in [6.45, 7) is 7.99. The van der Waals surface area contributed by atoms with Crippen molar-refractivity contribution in [1.82, 2.24) is 4.90 Å². The molecule has 4 atom stereocenters. The van der Waals surface area contributed by atoms with Gasteiger partial charge < -0.3 is 9.84 Å². The molecule has 2 fully saturated rings. The second-order valence-corrected chi connectivity index (χ2v) is 7.70. The van der Waals surface area contributed by atoms with Crippen molar-refractivity contribution in [1.29, 1.82) is 0 Å². The molecule has 2 unspecified atom stereocenters. The van der Waals surface area contributed by atoms with E-state index in [4.69, 9.17) is 4.74 Å². The highest BCUT2D eigenvalue weighted by molar-refractivity contribution is 5.44. The first-order valence-electron chi connectivity index (χ1n) is 8.76. The van der Waals surface area contributed by atoms with Crippen LogP contribution in [0.25, 0.3) is 0 Å². The van der Waals surface area contributed by atoms with Gasteiger partial charge in [-0.1, -0.05) is 19.9 Å². The Morgan fingerprint density at radius 3 is 3.05 bits per heavy atom. The zero-order valence-corrected chi connectivity index (χ0v) is 13.7. The first-order chi connectivity index (χ1) is 10.6. The summed E-state index contributed by atoms with van der Waals surface area (Å²) in [5.41, 5.74) is 3.01. The molecule has 2 heterocycles. The van der Waals surface area contributed by atoms with Gasteiger partial charge in [0.1, 0.15) is 5.75 Å². The molecule has 3 heteroatoms. The Morgan fingerprint density at radius 2 is 2.27 bits per heavy atom. The summed E-state index contributed by atoms with van der Waals surface area (Å²) >= 11 is 0. The lowest BCUT2D eigenvalue weighted by Crippen LogP contribution is -2.59. The summed E-state index contributed by atoms with van der Waals surface area (Å²) < 4.78 is 5.86. The molecule has 0 saturated carbocycles. The van der Waals surface area contributed by atoms with E-state index in [1.807, 2.05) is 12.1 Å². The average molecular weight is 301 g/mol. The molecule has 1 aromatic rings. The van der Waals surface area contributed by atoms with E-state index in [1.165, 1.54) is 30.4 Å². The minimum absolute atomic E-state index is 0.198. The number of nitrogens with zero attached hydrogens (tertiary/aromatic N) is 1. The van der Waals surface area contributed by atoms with E-state index in [1.54, 1.807) is 0 Å². The van der Waals surface area contributed by atoms with Crippen LogP contribution in [-0.2, 0) is 16.6 Å². The standard InChI is InChI=1S/C19H27NO2/c1-13-18-10-14-5-6-15(21)11-17(14)19(13,2)7-8-20(18)12-16-4-3-9-22-16/h5-6,11,13,16,18,21H,3-4,7-10,12H2,1-2H3/t13-,16?,18+,19?/m0/s1. The fourth-order valence-corrected chi connectivity index (χ4v) is 4.97. The van der Waals surface area contributed by atoms with Crippen molar-refractivity contribution >= 4 is 0 Å². The third kappa shape index (κ3) is 2.17. The number of fused-ring (bicyclic) bond motifs is 4. The number of rotatable bonds is 2. The van der Waals surface area contributed by atoms with Crippen LogP contribution in [0.15, 0.2) is 18.2 Å². The van der Waals surface area contributed by atoms with Crippen LogP contribution >= 0.6 is 0 Å². The average Bonchev–Trinajstić information content (AvgIpc) is 3.00. The third-order valence-corrected chi connectivity index (χ3v) is 6.57. The predicted molar refractivity (Wildman–Crippen MR) is 87.3 cm³/mol. The molecule has 0 aromatic heterocycles. The maximum Gasteiger partial charge on any atom is 0.115 e. The Hall–Kier alpha value is -1.06. The number of phenols is 1. The number of likely N-dealkylation sites (tertiary alicyclic amines) is 1. The van der Waals surface area contributed by atoms with Crippen LogP contribution in [0.2, 0.25) is 0 Å². The van der Waals surface area contributed by atoms with Crippen molar-refractivity contribution < 1.29 is 9.84 Å². The summed E-state index contributed by atoms with van der Waals surface area (Å²) in [5, 5.41) is 9.90. The number of phenolic OH excluding ortho intramolecular Hbond substituents is 1. The highest BCUT2D eigenvalue weighted by Crippen LogP contribution is 2.49. The molecule has 0 amide bonds. The largest absolute Gasteiger partial charge is 0.508 e. The summed E-state index contributed by atoms with van der Waals surface area (Å²) in [7, 11) is 0. The lowest BCUT2D eigenvalue weighted by Gasteiger charge is -2.55. The summed E-state index contributed by atoms with van der Waals surface area (Å²) in [6, 6.07) is 6.60. The van der Waals surface area contributed by atoms with Gasteiger partial charge in [0.2, 0.25) is 0 Å². The van der Waals surface area contributed by atoms with Gasteiger partial charge in [-0.05, 0) is 66.8 Å². The van der Waals surface area contributed by atoms with Gasteiger partial charge in [-0.2, -0.15) is 0 Å². The lowest BCUT2D eigenvalue weighted by atomic mass is 9.59. The molecule has 2 saturated heterocycles. The molecule has 120 valence electrons. The Labute approximate surface area is 133 Å². The van der Waals surface area contributed by atoms with Crippen LogP contribution in [0, 0.1) is 5.92 Å². The summed E-state index contributed by atoms with van der Waals surface area (Å²) in [5.74, 6) is 1.03. The monoisotopic (exact) mass is 301 g/mol. The molecule has 4 rings (SSSR count). The molecule has 1 aliphatic carbocycles. The second kappa shape index (κ2) is 5.24. The van der Waals surface area contributed by atoms with Gasteiger partial charge in [0.05, 0.1) is 6.10 Å². The van der Waals surface area contributed by atoms with Crippen molar-refractivity contribution in [3.63, 3.8) is 0 Å². The van der Waals surface area contributed by atoms with Gasteiger partial charge in [-0.15, -0.1) is 0 Å². The maximum atomic E-state index is 9.90. The molecule has 2 bridgehead atoms. The summed E-state index contributed by atoms with van der Waals surface area (Å²) in [4.78, 5) is 2.68. The Morgan fingerprint density at radius 1 is 1.41 bits per heavy atom. The maximum absolute atomic E-state index is 9.90. The Balaban J connectivity index is 1.63. The minimum Gasteiger partial charge on any atom is -0.508 e. The normalized spacial score (nSPS) is 38.0. The molecule has 0 spiro atoms. The van der Waals surface area contributed by atoms with Gasteiger partial charge >= 0.3 is 0 Å². The first-order valence-corrected chi connectivity index (χ1v) is 8.76.